The Morgan fingerprint density at radius 1 is 1.43 bits per heavy atom. The highest BCUT2D eigenvalue weighted by molar-refractivity contribution is 5.90. The van der Waals surface area contributed by atoms with Crippen molar-refractivity contribution in [2.75, 3.05) is 18.5 Å². The lowest BCUT2D eigenvalue weighted by Crippen LogP contribution is -2.52. The van der Waals surface area contributed by atoms with E-state index in [-0.39, 0.29) is 17.7 Å². The van der Waals surface area contributed by atoms with Crippen LogP contribution >= 0.6 is 0 Å². The van der Waals surface area contributed by atoms with E-state index in [4.69, 9.17) is 11.2 Å². The van der Waals surface area contributed by atoms with Gasteiger partial charge in [0.15, 0.2) is 11.6 Å². The Bertz CT molecular complexity index is 575. The van der Waals surface area contributed by atoms with Gasteiger partial charge in [-0.15, -0.1) is 6.42 Å². The molecule has 2 amide bonds. The fourth-order valence-corrected chi connectivity index (χ4v) is 2.17. The quantitative estimate of drug-likeness (QED) is 0.809. The van der Waals surface area contributed by atoms with Crippen LogP contribution in [-0.2, 0) is 4.74 Å². The summed E-state index contributed by atoms with van der Waals surface area (Å²) in [6.45, 7) is 4.41. The van der Waals surface area contributed by atoms with Crippen molar-refractivity contribution in [1.29, 1.82) is 0 Å². The third-order valence-electron chi connectivity index (χ3n) is 3.59. The number of ether oxygens (including phenoxy) is 1. The summed E-state index contributed by atoms with van der Waals surface area (Å²) in [4.78, 5) is 13.7. The molecule has 1 N–H and O–H groups in total. The maximum absolute atomic E-state index is 13.8. The van der Waals surface area contributed by atoms with Gasteiger partial charge in [-0.3, -0.25) is 0 Å². The molecule has 1 aliphatic heterocycles. The largest absolute Gasteiger partial charge is 0.375 e. The van der Waals surface area contributed by atoms with Crippen molar-refractivity contribution in [2.45, 2.75) is 26.0 Å². The predicted octanol–water partition coefficient (Wildman–Crippen LogP) is 2.59. The van der Waals surface area contributed by atoms with Crippen LogP contribution in [0.4, 0.5) is 19.3 Å². The molecule has 0 bridgehead atoms. The van der Waals surface area contributed by atoms with Gasteiger partial charge in [0.1, 0.15) is 5.69 Å². The Kier molecular flexibility index (Phi) is 4.43. The fraction of sp³-hybridized carbons (Fsp3) is 0.400. The van der Waals surface area contributed by atoms with Gasteiger partial charge in [0.2, 0.25) is 0 Å². The lowest BCUT2D eigenvalue weighted by Gasteiger charge is -2.37. The maximum atomic E-state index is 13.8. The Morgan fingerprint density at radius 3 is 2.62 bits per heavy atom. The zero-order chi connectivity index (χ0) is 15.6. The van der Waals surface area contributed by atoms with Crippen LogP contribution < -0.4 is 5.32 Å². The molecule has 0 aliphatic carbocycles. The van der Waals surface area contributed by atoms with Gasteiger partial charge in [-0.1, -0.05) is 5.92 Å². The van der Waals surface area contributed by atoms with Gasteiger partial charge in [-0.25, -0.2) is 13.6 Å². The van der Waals surface area contributed by atoms with Gasteiger partial charge in [0.05, 0.1) is 18.8 Å². The molecule has 0 unspecified atom stereocenters. The molecular weight excluding hydrogens is 278 g/mol. The number of hydrogen-bond acceptors (Lipinski definition) is 2. The minimum absolute atomic E-state index is 0.0800. The molecule has 1 aromatic carbocycles. The van der Waals surface area contributed by atoms with Gasteiger partial charge < -0.3 is 15.0 Å². The number of halogens is 2. The van der Waals surface area contributed by atoms with E-state index in [1.807, 2.05) is 13.8 Å². The van der Waals surface area contributed by atoms with Crippen molar-refractivity contribution in [3.63, 3.8) is 0 Å². The third-order valence-corrected chi connectivity index (χ3v) is 3.59. The lowest BCUT2D eigenvalue weighted by atomic mass is 10.1. The first-order valence-electron chi connectivity index (χ1n) is 6.59. The number of morpholine rings is 1. The summed E-state index contributed by atoms with van der Waals surface area (Å²) in [5.74, 6) is 0.350. The molecule has 0 radical (unpaired) electrons. The molecule has 21 heavy (non-hydrogen) atoms. The van der Waals surface area contributed by atoms with Gasteiger partial charge in [-0.05, 0) is 26.0 Å². The number of urea groups is 1. The van der Waals surface area contributed by atoms with Crippen molar-refractivity contribution in [3.8, 4) is 12.3 Å². The first-order valence-corrected chi connectivity index (χ1v) is 6.59. The van der Waals surface area contributed by atoms with Gasteiger partial charge >= 0.3 is 6.03 Å². The highest BCUT2D eigenvalue weighted by Gasteiger charge is 2.30. The normalized spacial score (nSPS) is 21.8. The van der Waals surface area contributed by atoms with Crippen molar-refractivity contribution in [3.05, 3.63) is 29.3 Å². The molecule has 2 rings (SSSR count). The van der Waals surface area contributed by atoms with Crippen molar-refractivity contribution in [1.82, 2.24) is 4.90 Å². The second-order valence-electron chi connectivity index (χ2n) is 4.90. The molecule has 6 heteroatoms. The summed E-state index contributed by atoms with van der Waals surface area (Å²) in [6, 6.07) is 1.26. The smallest absolute Gasteiger partial charge is 0.322 e. The monoisotopic (exact) mass is 294 g/mol. The zero-order valence-electron chi connectivity index (χ0n) is 11.8. The molecule has 4 nitrogen and oxygen atoms in total. The molecule has 112 valence electrons. The fourth-order valence-electron chi connectivity index (χ4n) is 2.17. The number of terminal acetylenes is 1. The SMILES string of the molecule is C#Cc1cc(F)c(NC(=O)N2CCO[C@@H](C)[C@@H]2C)c(F)c1. The maximum Gasteiger partial charge on any atom is 0.322 e. The van der Waals surface area contributed by atoms with Crippen LogP contribution in [-0.4, -0.2) is 36.2 Å². The molecule has 0 aromatic heterocycles. The van der Waals surface area contributed by atoms with Gasteiger partial charge in [0, 0.05) is 12.1 Å². The van der Waals surface area contributed by atoms with E-state index in [0.717, 1.165) is 12.1 Å². The Labute approximate surface area is 122 Å². The average Bonchev–Trinajstić information content (AvgIpc) is 2.45. The minimum atomic E-state index is -0.898. The minimum Gasteiger partial charge on any atom is -0.375 e. The van der Waals surface area contributed by atoms with Gasteiger partial charge in [-0.2, -0.15) is 0 Å². The second kappa shape index (κ2) is 6.10. The Balaban J connectivity index is 2.18. The number of anilines is 1. The van der Waals surface area contributed by atoms with E-state index >= 15 is 0 Å². The number of hydrogen-bond donors (Lipinski definition) is 1. The molecule has 0 saturated carbocycles. The van der Waals surface area contributed by atoms with E-state index < -0.39 is 23.4 Å². The van der Waals surface area contributed by atoms with Crippen LogP contribution in [0.2, 0.25) is 0 Å². The molecule has 1 aromatic rings. The molecular formula is C15H16F2N2O2. The standard InChI is InChI=1S/C15H16F2N2O2/c1-4-11-7-12(16)14(13(17)8-11)18-15(20)19-5-6-21-10(3)9(19)2/h1,7-10H,5-6H2,2-3H3,(H,18,20)/t9-,10-/m0/s1. The second-order valence-corrected chi connectivity index (χ2v) is 4.90. The first-order chi connectivity index (χ1) is 9.93. The van der Waals surface area contributed by atoms with Gasteiger partial charge in [0.25, 0.3) is 0 Å². The summed E-state index contributed by atoms with van der Waals surface area (Å²) in [6.07, 6.45) is 4.96. The molecule has 2 atom stereocenters. The first kappa shape index (κ1) is 15.3. The number of nitrogens with zero attached hydrogens (tertiary/aromatic N) is 1. The summed E-state index contributed by atoms with van der Waals surface area (Å²) < 4.78 is 33.0. The van der Waals surface area contributed by atoms with Crippen LogP contribution in [0.1, 0.15) is 19.4 Å². The summed E-state index contributed by atoms with van der Waals surface area (Å²) >= 11 is 0. The molecule has 1 fully saturated rings. The van der Waals surface area contributed by atoms with E-state index in [1.165, 1.54) is 4.90 Å². The van der Waals surface area contributed by atoms with E-state index in [2.05, 4.69) is 11.2 Å². The number of amides is 2. The number of rotatable bonds is 1. The van der Waals surface area contributed by atoms with Crippen molar-refractivity contribution < 1.29 is 18.3 Å². The van der Waals surface area contributed by atoms with Crippen LogP contribution in [0.15, 0.2) is 12.1 Å². The highest BCUT2D eigenvalue weighted by Crippen LogP contribution is 2.22. The molecule has 0 spiro atoms. The molecule has 1 heterocycles. The summed E-state index contributed by atoms with van der Waals surface area (Å²) in [5, 5.41) is 2.26. The van der Waals surface area contributed by atoms with E-state index in [1.54, 1.807) is 0 Å². The molecule has 1 saturated heterocycles. The third kappa shape index (κ3) is 3.14. The van der Waals surface area contributed by atoms with Crippen LogP contribution in [0.25, 0.3) is 0 Å². The van der Waals surface area contributed by atoms with Crippen molar-refractivity contribution >= 4 is 11.7 Å². The van der Waals surface area contributed by atoms with E-state index in [9.17, 15) is 13.6 Å². The number of benzene rings is 1. The molecule has 1 aliphatic rings. The summed E-state index contributed by atoms with van der Waals surface area (Å²) in [7, 11) is 0. The zero-order valence-corrected chi connectivity index (χ0v) is 11.8. The van der Waals surface area contributed by atoms with Crippen LogP contribution in [0.3, 0.4) is 0 Å². The average molecular weight is 294 g/mol. The van der Waals surface area contributed by atoms with Crippen molar-refractivity contribution in [2.24, 2.45) is 0 Å². The predicted molar refractivity (Wildman–Crippen MR) is 74.9 cm³/mol. The lowest BCUT2D eigenvalue weighted by molar-refractivity contribution is -0.0355. The summed E-state index contributed by atoms with van der Waals surface area (Å²) in [5.41, 5.74) is -0.415. The Morgan fingerprint density at radius 2 is 2.05 bits per heavy atom. The topological polar surface area (TPSA) is 41.6 Å². The number of carbonyl (C=O) groups is 1. The van der Waals surface area contributed by atoms with E-state index in [0.29, 0.717) is 13.2 Å². The Hall–Kier alpha value is -2.13. The number of carbonyl (C=O) groups excluding carboxylic acids is 1. The highest BCUT2D eigenvalue weighted by atomic mass is 19.1. The van der Waals surface area contributed by atoms with Crippen LogP contribution in [0.5, 0.6) is 0 Å². The number of nitrogens with one attached hydrogen (secondary N) is 1. The van der Waals surface area contributed by atoms with Crippen LogP contribution in [0, 0.1) is 24.0 Å².